The summed E-state index contributed by atoms with van der Waals surface area (Å²) < 4.78 is 9.26. The Morgan fingerprint density at radius 1 is 0.403 bits per heavy atom. The summed E-state index contributed by atoms with van der Waals surface area (Å²) in [5.74, 6) is 5.35. The average Bonchev–Trinajstić information content (AvgIpc) is 3.71. The van der Waals surface area contributed by atoms with E-state index in [2.05, 4.69) is 92.1 Å². The summed E-state index contributed by atoms with van der Waals surface area (Å²) in [6.45, 7) is 6.66. The molecule has 11 aromatic rings. The Morgan fingerprint density at radius 2 is 0.896 bits per heavy atom. The Bertz CT molecular complexity index is 3640. The Hall–Kier alpha value is -8.56. The largest absolute Gasteiger partial charge is 0.458 e. The average molecular weight is 862 g/mol. The molecule has 8 nitrogen and oxygen atoms in total. The van der Waals surface area contributed by atoms with Crippen molar-refractivity contribution in [1.29, 1.82) is 0 Å². The van der Waals surface area contributed by atoms with Crippen LogP contribution in [0.4, 0.5) is 0 Å². The molecule has 13 rings (SSSR count). The molecule has 67 heavy (non-hydrogen) atoms. The van der Waals surface area contributed by atoms with E-state index in [1.165, 1.54) is 5.56 Å². The monoisotopic (exact) mass is 861 g/mol. The quantitative estimate of drug-likeness (QED) is 0.154. The maximum atomic E-state index is 6.84. The SMILES string of the molecule is CC(C)(C)c1ccc2c(c1)B1c3c(cccc3-n3c4ccc(-c5nc(-c6ccccc6)nc(-c6ccccc6)n5)cc4c4cc(-c5nc(-c6ccccc6)nc(-c6ccccc6)n5)cc1c43)O2. The number of benzene rings is 8. The van der Waals surface area contributed by atoms with Crippen LogP contribution in [-0.2, 0) is 5.41 Å². The topological polar surface area (TPSA) is 91.5 Å². The number of ether oxygens (including phenoxy) is 1. The first kappa shape index (κ1) is 38.9. The van der Waals surface area contributed by atoms with Crippen LogP contribution in [0.3, 0.4) is 0 Å². The molecule has 5 heterocycles. The molecule has 0 fully saturated rings. The minimum atomic E-state index is -0.134. The van der Waals surface area contributed by atoms with Gasteiger partial charge in [-0.2, -0.15) is 0 Å². The van der Waals surface area contributed by atoms with Gasteiger partial charge in [-0.3, -0.25) is 0 Å². The number of hydrogen-bond donors (Lipinski definition) is 0. The van der Waals surface area contributed by atoms with E-state index in [4.69, 9.17) is 34.6 Å². The van der Waals surface area contributed by atoms with Crippen LogP contribution in [-0.4, -0.2) is 41.2 Å². The molecule has 0 spiro atoms. The van der Waals surface area contributed by atoms with Gasteiger partial charge in [0.15, 0.2) is 34.9 Å². The van der Waals surface area contributed by atoms with Gasteiger partial charge in [0.2, 0.25) is 0 Å². The molecule has 8 aromatic carbocycles. The maximum absolute atomic E-state index is 6.84. The van der Waals surface area contributed by atoms with Crippen LogP contribution in [0, 0.1) is 0 Å². The summed E-state index contributed by atoms with van der Waals surface area (Å²) in [4.78, 5) is 30.9. The van der Waals surface area contributed by atoms with Crippen molar-refractivity contribution in [3.8, 4) is 85.5 Å². The molecule has 9 heteroatoms. The summed E-state index contributed by atoms with van der Waals surface area (Å²) >= 11 is 0. The fraction of sp³-hybridized carbons (Fsp3) is 0.0690. The van der Waals surface area contributed by atoms with E-state index < -0.39 is 0 Å². The lowest BCUT2D eigenvalue weighted by atomic mass is 9.34. The smallest absolute Gasteiger partial charge is 0.256 e. The first-order valence-corrected chi connectivity index (χ1v) is 22.6. The molecule has 0 bridgehead atoms. The van der Waals surface area contributed by atoms with Gasteiger partial charge >= 0.3 is 0 Å². The first-order valence-electron chi connectivity index (χ1n) is 22.6. The Morgan fingerprint density at radius 3 is 1.42 bits per heavy atom. The van der Waals surface area contributed by atoms with Crippen molar-refractivity contribution in [2.24, 2.45) is 0 Å². The van der Waals surface area contributed by atoms with Gasteiger partial charge in [0.05, 0.1) is 5.52 Å². The molecule has 0 atom stereocenters. The van der Waals surface area contributed by atoms with Gasteiger partial charge < -0.3 is 9.30 Å². The molecular weight excluding hydrogens is 821 g/mol. The number of rotatable bonds is 6. The highest BCUT2D eigenvalue weighted by Crippen LogP contribution is 2.41. The normalized spacial score (nSPS) is 12.5. The summed E-state index contributed by atoms with van der Waals surface area (Å²) in [5.41, 5.74) is 13.3. The lowest BCUT2D eigenvalue weighted by Crippen LogP contribution is -2.58. The number of fused-ring (bicyclic) bond motifs is 7. The van der Waals surface area contributed by atoms with Crippen LogP contribution in [0.5, 0.6) is 11.5 Å². The second-order valence-electron chi connectivity index (χ2n) is 18.3. The summed E-state index contributed by atoms with van der Waals surface area (Å²) in [7, 11) is 0. The zero-order valence-corrected chi connectivity index (χ0v) is 37.0. The van der Waals surface area contributed by atoms with Crippen molar-refractivity contribution >= 4 is 44.9 Å². The van der Waals surface area contributed by atoms with Crippen molar-refractivity contribution in [2.75, 3.05) is 0 Å². The lowest BCUT2D eigenvalue weighted by molar-refractivity contribution is 0.486. The fourth-order valence-corrected chi connectivity index (χ4v) is 9.83. The van der Waals surface area contributed by atoms with Gasteiger partial charge in [0.25, 0.3) is 6.71 Å². The second-order valence-corrected chi connectivity index (χ2v) is 18.3. The van der Waals surface area contributed by atoms with Crippen molar-refractivity contribution < 1.29 is 4.74 Å². The van der Waals surface area contributed by atoms with Crippen LogP contribution >= 0.6 is 0 Å². The molecule has 0 saturated carbocycles. The second kappa shape index (κ2) is 15.0. The number of nitrogens with zero attached hydrogens (tertiary/aromatic N) is 7. The molecule has 0 amide bonds. The van der Waals surface area contributed by atoms with Gasteiger partial charge in [0, 0.05) is 55.4 Å². The Kier molecular flexibility index (Phi) is 8.70. The van der Waals surface area contributed by atoms with E-state index in [0.29, 0.717) is 34.9 Å². The highest BCUT2D eigenvalue weighted by Gasteiger charge is 2.41. The third-order valence-electron chi connectivity index (χ3n) is 13.1. The number of hydrogen-bond acceptors (Lipinski definition) is 7. The van der Waals surface area contributed by atoms with Crippen molar-refractivity contribution in [2.45, 2.75) is 26.2 Å². The third-order valence-corrected chi connectivity index (χ3v) is 13.1. The van der Waals surface area contributed by atoms with Crippen LogP contribution in [0.2, 0.25) is 0 Å². The van der Waals surface area contributed by atoms with Crippen LogP contribution in [0.15, 0.2) is 188 Å². The van der Waals surface area contributed by atoms with Gasteiger partial charge in [-0.15, -0.1) is 0 Å². The first-order chi connectivity index (χ1) is 32.8. The van der Waals surface area contributed by atoms with Crippen molar-refractivity contribution in [1.82, 2.24) is 34.5 Å². The zero-order chi connectivity index (χ0) is 44.8. The van der Waals surface area contributed by atoms with Gasteiger partial charge in [-0.1, -0.05) is 166 Å². The van der Waals surface area contributed by atoms with E-state index in [1.54, 1.807) is 0 Å². The lowest BCUT2D eigenvalue weighted by Gasteiger charge is -2.34. The summed E-state index contributed by atoms with van der Waals surface area (Å²) in [5, 5.41) is 2.13. The molecule has 0 radical (unpaired) electrons. The Balaban J connectivity index is 1.11. The molecule has 0 saturated heterocycles. The van der Waals surface area contributed by atoms with E-state index >= 15 is 0 Å². The highest BCUT2D eigenvalue weighted by molar-refractivity contribution is 6.99. The van der Waals surface area contributed by atoms with E-state index in [-0.39, 0.29) is 12.1 Å². The molecule has 2 aliphatic rings. The molecule has 0 unspecified atom stereocenters. The van der Waals surface area contributed by atoms with Crippen molar-refractivity contribution in [3.63, 3.8) is 0 Å². The third kappa shape index (κ3) is 6.45. The molecule has 0 N–H and O–H groups in total. The standard InChI is InChI=1S/C58H40BN7O/c1-58(2,3)41-28-30-48-44(34-41)59-45-33-40(57-64-54(37-21-12-6-13-22-37)61-55(65-57)38-23-14-7-15-24-38)32-43-42-31-39(27-29-46(42)66(51(43)45)47-25-16-26-49(67-48)50(47)59)56-62-52(35-17-8-4-9-18-35)60-53(63-56)36-19-10-5-11-20-36/h4-34H,1-3H3. The highest BCUT2D eigenvalue weighted by atomic mass is 16.5. The van der Waals surface area contributed by atoms with E-state index in [9.17, 15) is 0 Å². The van der Waals surface area contributed by atoms with Crippen LogP contribution < -0.4 is 21.1 Å². The Labute approximate surface area is 387 Å². The predicted molar refractivity (Wildman–Crippen MR) is 270 cm³/mol. The fourth-order valence-electron chi connectivity index (χ4n) is 9.83. The molecule has 0 aliphatic carbocycles. The van der Waals surface area contributed by atoms with Crippen LogP contribution in [0.1, 0.15) is 26.3 Å². The van der Waals surface area contributed by atoms with Crippen molar-refractivity contribution in [3.05, 3.63) is 194 Å². The minimum Gasteiger partial charge on any atom is -0.458 e. The summed E-state index contributed by atoms with van der Waals surface area (Å²) in [6, 6.07) is 64.8. The predicted octanol–water partition coefficient (Wildman–Crippen LogP) is 11.4. The minimum absolute atomic E-state index is 0.0751. The summed E-state index contributed by atoms with van der Waals surface area (Å²) in [6.07, 6.45) is 0. The van der Waals surface area contributed by atoms with Gasteiger partial charge in [-0.25, -0.2) is 29.9 Å². The molecular formula is C58H40BN7O. The molecule has 316 valence electrons. The maximum Gasteiger partial charge on any atom is 0.256 e. The molecule has 3 aromatic heterocycles. The number of aromatic nitrogens is 7. The van der Waals surface area contributed by atoms with Gasteiger partial charge in [-0.05, 0) is 69.8 Å². The van der Waals surface area contributed by atoms with Crippen LogP contribution in [0.25, 0.3) is 95.8 Å². The molecule has 2 aliphatic heterocycles. The van der Waals surface area contributed by atoms with Gasteiger partial charge in [0.1, 0.15) is 11.5 Å². The van der Waals surface area contributed by atoms with E-state index in [0.717, 1.165) is 88.8 Å². The zero-order valence-electron chi connectivity index (χ0n) is 37.0. The van der Waals surface area contributed by atoms with E-state index in [1.807, 2.05) is 121 Å².